The monoisotopic (exact) mass is 276 g/mol. The van der Waals surface area contributed by atoms with Gasteiger partial charge in [-0.3, -0.25) is 0 Å². The number of aliphatic hydroxyl groups is 3. The van der Waals surface area contributed by atoms with Gasteiger partial charge in [0.2, 0.25) is 0 Å². The molecule has 2 atom stereocenters. The highest BCUT2D eigenvalue weighted by Crippen LogP contribution is 2.16. The van der Waals surface area contributed by atoms with Gasteiger partial charge in [-0.05, 0) is 20.8 Å². The first-order valence-corrected chi connectivity index (χ1v) is 6.40. The highest BCUT2D eigenvalue weighted by Gasteiger charge is 2.36. The van der Waals surface area contributed by atoms with Gasteiger partial charge in [0.25, 0.3) is 0 Å². The highest BCUT2D eigenvalue weighted by molar-refractivity contribution is 5.68. The Morgan fingerprint density at radius 2 is 1.95 bits per heavy atom. The second-order valence-corrected chi connectivity index (χ2v) is 5.79. The maximum Gasteiger partial charge on any atom is 0.410 e. The van der Waals surface area contributed by atoms with Gasteiger partial charge in [-0.25, -0.2) is 4.79 Å². The van der Waals surface area contributed by atoms with Gasteiger partial charge in [-0.1, -0.05) is 0 Å². The molecule has 0 aromatic rings. The largest absolute Gasteiger partial charge is 0.444 e. The van der Waals surface area contributed by atoms with Crippen LogP contribution in [-0.2, 0) is 4.74 Å². The van der Waals surface area contributed by atoms with Gasteiger partial charge in [0, 0.05) is 6.54 Å². The summed E-state index contributed by atoms with van der Waals surface area (Å²) in [5.74, 6) is 0. The molecule has 0 bridgehead atoms. The SMILES string of the molecule is CC(C)(C)OC(=O)N1C[C@@H](O)[C@H](NC(CO)CO)C1. The number of rotatable bonds is 4. The van der Waals surface area contributed by atoms with E-state index in [0.29, 0.717) is 0 Å². The summed E-state index contributed by atoms with van der Waals surface area (Å²) < 4.78 is 5.23. The van der Waals surface area contributed by atoms with Crippen molar-refractivity contribution >= 4 is 6.09 Å². The van der Waals surface area contributed by atoms with E-state index in [1.165, 1.54) is 4.90 Å². The summed E-state index contributed by atoms with van der Waals surface area (Å²) in [4.78, 5) is 13.3. The van der Waals surface area contributed by atoms with Gasteiger partial charge >= 0.3 is 6.09 Å². The van der Waals surface area contributed by atoms with Gasteiger partial charge in [-0.2, -0.15) is 0 Å². The lowest BCUT2D eigenvalue weighted by molar-refractivity contribution is 0.0270. The van der Waals surface area contributed by atoms with Crippen LogP contribution in [0.5, 0.6) is 0 Å². The van der Waals surface area contributed by atoms with Crippen LogP contribution >= 0.6 is 0 Å². The summed E-state index contributed by atoms with van der Waals surface area (Å²) in [6, 6.07) is -0.880. The third-order valence-electron chi connectivity index (χ3n) is 2.83. The molecule has 1 heterocycles. The molecule has 0 saturated carbocycles. The van der Waals surface area contributed by atoms with Crippen molar-refractivity contribution in [1.82, 2.24) is 10.2 Å². The smallest absolute Gasteiger partial charge is 0.410 e. The molecule has 0 spiro atoms. The van der Waals surface area contributed by atoms with Crippen LogP contribution in [0.1, 0.15) is 20.8 Å². The molecule has 7 nitrogen and oxygen atoms in total. The number of amides is 1. The van der Waals surface area contributed by atoms with Gasteiger partial charge in [0.05, 0.1) is 37.9 Å². The molecule has 19 heavy (non-hydrogen) atoms. The highest BCUT2D eigenvalue weighted by atomic mass is 16.6. The first-order chi connectivity index (χ1) is 8.76. The lowest BCUT2D eigenvalue weighted by atomic mass is 10.2. The van der Waals surface area contributed by atoms with E-state index in [2.05, 4.69) is 5.32 Å². The molecule has 0 aromatic heterocycles. The molecule has 0 unspecified atom stereocenters. The van der Waals surface area contributed by atoms with Crippen LogP contribution in [-0.4, -0.2) is 76.4 Å². The summed E-state index contributed by atoms with van der Waals surface area (Å²) in [6.07, 6.45) is -1.21. The third-order valence-corrected chi connectivity index (χ3v) is 2.83. The second kappa shape index (κ2) is 6.51. The molecular formula is C12H24N2O5. The van der Waals surface area contributed by atoms with Crippen LogP contribution in [0.25, 0.3) is 0 Å². The third kappa shape index (κ3) is 4.94. The van der Waals surface area contributed by atoms with Crippen molar-refractivity contribution in [2.45, 2.75) is 44.6 Å². The summed E-state index contributed by atoms with van der Waals surface area (Å²) in [5, 5.41) is 30.8. The molecular weight excluding hydrogens is 252 g/mol. The van der Waals surface area contributed by atoms with Crippen LogP contribution < -0.4 is 5.32 Å². The first kappa shape index (κ1) is 16.2. The van der Waals surface area contributed by atoms with E-state index in [9.17, 15) is 9.90 Å². The van der Waals surface area contributed by atoms with Crippen LogP contribution in [0.3, 0.4) is 0 Å². The van der Waals surface area contributed by atoms with E-state index < -0.39 is 23.8 Å². The molecule has 0 aromatic carbocycles. The number of β-amino-alcohol motifs (C(OH)–C–C–N with tert-alkyl or cyclic N) is 1. The van der Waals surface area contributed by atoms with E-state index in [1.54, 1.807) is 20.8 Å². The molecule has 112 valence electrons. The van der Waals surface area contributed by atoms with Crippen LogP contribution in [0.2, 0.25) is 0 Å². The van der Waals surface area contributed by atoms with Crippen molar-refractivity contribution in [3.8, 4) is 0 Å². The van der Waals surface area contributed by atoms with Crippen molar-refractivity contribution in [3.63, 3.8) is 0 Å². The van der Waals surface area contributed by atoms with E-state index in [0.717, 1.165) is 0 Å². The lowest BCUT2D eigenvalue weighted by Crippen LogP contribution is -2.48. The number of hydrogen-bond donors (Lipinski definition) is 4. The zero-order valence-corrected chi connectivity index (χ0v) is 11.7. The van der Waals surface area contributed by atoms with Gasteiger partial charge in [0.15, 0.2) is 0 Å². The Balaban J connectivity index is 2.52. The van der Waals surface area contributed by atoms with Crippen LogP contribution in [0.4, 0.5) is 4.79 Å². The summed E-state index contributed by atoms with van der Waals surface area (Å²) in [5.41, 5.74) is -0.577. The predicted octanol–water partition coefficient (Wildman–Crippen LogP) is -1.09. The standard InChI is InChI=1S/C12H24N2O5/c1-12(2,3)19-11(18)14-4-9(10(17)5-14)13-8(6-15)7-16/h8-10,13,15-17H,4-7H2,1-3H3/t9-,10-/m1/s1. The zero-order valence-electron chi connectivity index (χ0n) is 11.7. The van der Waals surface area contributed by atoms with Gasteiger partial charge in [0.1, 0.15) is 5.60 Å². The maximum absolute atomic E-state index is 11.8. The first-order valence-electron chi connectivity index (χ1n) is 6.40. The molecule has 1 amide bonds. The minimum atomic E-state index is -0.742. The van der Waals surface area contributed by atoms with Crippen molar-refractivity contribution in [2.24, 2.45) is 0 Å². The van der Waals surface area contributed by atoms with Gasteiger partial charge in [-0.15, -0.1) is 0 Å². The molecule has 0 radical (unpaired) electrons. The molecule has 1 saturated heterocycles. The lowest BCUT2D eigenvalue weighted by Gasteiger charge is -2.24. The molecule has 7 heteroatoms. The molecule has 1 fully saturated rings. The Hall–Kier alpha value is -0.890. The van der Waals surface area contributed by atoms with E-state index >= 15 is 0 Å². The van der Waals surface area contributed by atoms with Crippen molar-refractivity contribution in [1.29, 1.82) is 0 Å². The number of aliphatic hydroxyl groups excluding tert-OH is 3. The summed E-state index contributed by atoms with van der Waals surface area (Å²) >= 11 is 0. The fourth-order valence-corrected chi connectivity index (χ4v) is 1.89. The predicted molar refractivity (Wildman–Crippen MR) is 68.7 cm³/mol. The number of carbonyl (C=O) groups is 1. The minimum absolute atomic E-state index is 0.177. The Morgan fingerprint density at radius 1 is 1.37 bits per heavy atom. The molecule has 1 aliphatic rings. The Bertz CT molecular complexity index is 301. The fourth-order valence-electron chi connectivity index (χ4n) is 1.89. The number of nitrogens with zero attached hydrogens (tertiary/aromatic N) is 1. The van der Waals surface area contributed by atoms with E-state index in [4.69, 9.17) is 14.9 Å². The molecule has 0 aliphatic carbocycles. The number of nitrogens with one attached hydrogen (secondary N) is 1. The summed E-state index contributed by atoms with van der Waals surface area (Å²) in [6.45, 7) is 5.34. The average molecular weight is 276 g/mol. The van der Waals surface area contributed by atoms with Crippen LogP contribution in [0, 0.1) is 0 Å². The van der Waals surface area contributed by atoms with Gasteiger partial charge < -0.3 is 30.3 Å². The van der Waals surface area contributed by atoms with E-state index in [1.807, 2.05) is 0 Å². The number of ether oxygens (including phenoxy) is 1. The van der Waals surface area contributed by atoms with Crippen molar-refractivity contribution < 1.29 is 24.9 Å². The minimum Gasteiger partial charge on any atom is -0.444 e. The molecule has 1 rings (SSSR count). The molecule has 1 aliphatic heterocycles. The summed E-state index contributed by atoms with van der Waals surface area (Å²) in [7, 11) is 0. The second-order valence-electron chi connectivity index (χ2n) is 5.79. The quantitative estimate of drug-likeness (QED) is 0.520. The topological polar surface area (TPSA) is 102 Å². The fraction of sp³-hybridized carbons (Fsp3) is 0.917. The molecule has 4 N–H and O–H groups in total. The maximum atomic E-state index is 11.8. The Kier molecular flexibility index (Phi) is 5.54. The zero-order chi connectivity index (χ0) is 14.6. The van der Waals surface area contributed by atoms with Crippen molar-refractivity contribution in [3.05, 3.63) is 0 Å². The van der Waals surface area contributed by atoms with E-state index in [-0.39, 0.29) is 32.3 Å². The van der Waals surface area contributed by atoms with Crippen molar-refractivity contribution in [2.75, 3.05) is 26.3 Å². The number of carbonyl (C=O) groups excluding carboxylic acids is 1. The normalized spacial score (nSPS) is 24.1. The number of likely N-dealkylation sites (tertiary alicyclic amines) is 1. The Morgan fingerprint density at radius 3 is 2.42 bits per heavy atom. The average Bonchev–Trinajstić information content (AvgIpc) is 2.65. The Labute approximate surface area is 113 Å². The number of hydrogen-bond acceptors (Lipinski definition) is 6. The van der Waals surface area contributed by atoms with Crippen LogP contribution in [0.15, 0.2) is 0 Å².